The Labute approximate surface area is 134 Å². The van der Waals surface area contributed by atoms with Crippen molar-refractivity contribution in [1.82, 2.24) is 0 Å². The van der Waals surface area contributed by atoms with Crippen LogP contribution in [0.25, 0.3) is 11.1 Å². The highest BCUT2D eigenvalue weighted by Gasteiger charge is 2.34. The molecule has 3 rings (SSSR count). The molecule has 0 aliphatic carbocycles. The summed E-state index contributed by atoms with van der Waals surface area (Å²) < 4.78 is 54.0. The molecular formula is C19H22O2. The second kappa shape index (κ2) is 4.80. The molecule has 0 amide bonds. The third-order valence-electron chi connectivity index (χ3n) is 3.77. The second-order valence-electron chi connectivity index (χ2n) is 5.57. The SMILES string of the molecule is [2H]C([2H])([2H])C1(C([2H])([2H])[2H])Oc2cc(CCC)cc(O)c2-c2cc(C)ccc21. The lowest BCUT2D eigenvalue weighted by atomic mass is 9.84. The first kappa shape index (κ1) is 8.47. The van der Waals surface area contributed by atoms with Gasteiger partial charge < -0.3 is 9.84 Å². The van der Waals surface area contributed by atoms with Gasteiger partial charge in [0, 0.05) is 13.8 Å². The molecule has 1 heterocycles. The molecule has 0 saturated carbocycles. The Bertz CT molecular complexity index is 869. The monoisotopic (exact) mass is 288 g/mol. The van der Waals surface area contributed by atoms with Crippen LogP contribution in [0.3, 0.4) is 0 Å². The fourth-order valence-corrected chi connectivity index (χ4v) is 2.83. The van der Waals surface area contributed by atoms with Gasteiger partial charge >= 0.3 is 0 Å². The van der Waals surface area contributed by atoms with Crippen molar-refractivity contribution in [3.63, 3.8) is 0 Å². The van der Waals surface area contributed by atoms with Crippen molar-refractivity contribution in [1.29, 1.82) is 0 Å². The fourth-order valence-electron chi connectivity index (χ4n) is 2.83. The third kappa shape index (κ3) is 2.29. The Kier molecular flexibility index (Phi) is 1.94. The van der Waals surface area contributed by atoms with Crippen LogP contribution < -0.4 is 4.74 Å². The molecular weight excluding hydrogens is 260 g/mol. The molecule has 0 aromatic heterocycles. The van der Waals surface area contributed by atoms with Crippen molar-refractivity contribution in [3.05, 3.63) is 47.0 Å². The molecule has 1 N–H and O–H groups in total. The number of phenols is 1. The normalized spacial score (nSPS) is 20.5. The number of aromatic hydroxyl groups is 1. The Morgan fingerprint density at radius 3 is 2.76 bits per heavy atom. The van der Waals surface area contributed by atoms with Crippen LogP contribution in [0.4, 0.5) is 0 Å². The number of hydrogen-bond acceptors (Lipinski definition) is 2. The molecule has 0 spiro atoms. The number of aryl methyl sites for hydroxylation is 2. The summed E-state index contributed by atoms with van der Waals surface area (Å²) in [7, 11) is 0. The predicted octanol–water partition coefficient (Wildman–Crippen LogP) is 4.95. The zero-order valence-corrected chi connectivity index (χ0v) is 12.2. The van der Waals surface area contributed by atoms with E-state index in [1.807, 2.05) is 13.8 Å². The van der Waals surface area contributed by atoms with E-state index in [0.717, 1.165) is 17.5 Å². The van der Waals surface area contributed by atoms with Gasteiger partial charge in [0.1, 0.15) is 17.1 Å². The van der Waals surface area contributed by atoms with Crippen molar-refractivity contribution in [3.8, 4) is 22.6 Å². The van der Waals surface area contributed by atoms with E-state index < -0.39 is 19.3 Å². The Morgan fingerprint density at radius 2 is 2.05 bits per heavy atom. The van der Waals surface area contributed by atoms with Crippen LogP contribution in [0.15, 0.2) is 30.3 Å². The van der Waals surface area contributed by atoms with E-state index in [1.165, 1.54) is 6.07 Å². The van der Waals surface area contributed by atoms with E-state index >= 15 is 0 Å². The van der Waals surface area contributed by atoms with Crippen LogP contribution in [0.2, 0.25) is 0 Å². The number of fused-ring (bicyclic) bond motifs is 3. The molecule has 110 valence electrons. The van der Waals surface area contributed by atoms with Gasteiger partial charge in [-0.1, -0.05) is 37.1 Å². The van der Waals surface area contributed by atoms with E-state index in [0.29, 0.717) is 17.5 Å². The lowest BCUT2D eigenvalue weighted by Crippen LogP contribution is -2.29. The van der Waals surface area contributed by atoms with Gasteiger partial charge in [-0.2, -0.15) is 0 Å². The average molecular weight is 288 g/mol. The van der Waals surface area contributed by atoms with Crippen molar-refractivity contribution >= 4 is 0 Å². The number of benzene rings is 2. The van der Waals surface area contributed by atoms with Crippen LogP contribution in [0.1, 0.15) is 52.0 Å². The van der Waals surface area contributed by atoms with Gasteiger partial charge in [-0.05, 0) is 50.3 Å². The molecule has 0 bridgehead atoms. The first-order valence-electron chi connectivity index (χ1n) is 10.1. The van der Waals surface area contributed by atoms with E-state index in [-0.39, 0.29) is 17.1 Å². The first-order valence-corrected chi connectivity index (χ1v) is 7.09. The predicted molar refractivity (Wildman–Crippen MR) is 85.9 cm³/mol. The largest absolute Gasteiger partial charge is 0.507 e. The lowest BCUT2D eigenvalue weighted by molar-refractivity contribution is 0.105. The van der Waals surface area contributed by atoms with Crippen molar-refractivity contribution < 1.29 is 18.1 Å². The Balaban J connectivity index is 2.42. The molecule has 2 heteroatoms. The van der Waals surface area contributed by atoms with Crippen LogP contribution >= 0.6 is 0 Å². The maximum absolute atomic E-state index is 10.6. The molecule has 0 radical (unpaired) electrons. The van der Waals surface area contributed by atoms with Crippen molar-refractivity contribution in [2.75, 3.05) is 0 Å². The van der Waals surface area contributed by atoms with Crippen LogP contribution in [-0.4, -0.2) is 5.11 Å². The molecule has 0 unspecified atom stereocenters. The Hall–Kier alpha value is -1.96. The summed E-state index contributed by atoms with van der Waals surface area (Å²) in [5.74, 6) is 0.0382. The van der Waals surface area contributed by atoms with E-state index in [2.05, 4.69) is 0 Å². The zero-order chi connectivity index (χ0) is 20.2. The van der Waals surface area contributed by atoms with E-state index in [1.54, 1.807) is 24.3 Å². The van der Waals surface area contributed by atoms with Gasteiger partial charge in [0.05, 0.1) is 5.56 Å². The smallest absolute Gasteiger partial charge is 0.132 e. The first-order chi connectivity index (χ1) is 12.4. The quantitative estimate of drug-likeness (QED) is 0.847. The van der Waals surface area contributed by atoms with Gasteiger partial charge in [0.15, 0.2) is 0 Å². The van der Waals surface area contributed by atoms with Crippen LogP contribution in [-0.2, 0) is 12.0 Å². The van der Waals surface area contributed by atoms with Crippen LogP contribution in [0.5, 0.6) is 11.5 Å². The van der Waals surface area contributed by atoms with Crippen molar-refractivity contribution in [2.24, 2.45) is 0 Å². The topological polar surface area (TPSA) is 29.5 Å². The minimum atomic E-state index is -2.95. The summed E-state index contributed by atoms with van der Waals surface area (Å²) in [6.45, 7) is -2.10. The third-order valence-corrected chi connectivity index (χ3v) is 3.77. The number of ether oxygens (including phenoxy) is 1. The van der Waals surface area contributed by atoms with Gasteiger partial charge in [-0.15, -0.1) is 0 Å². The molecule has 0 atom stereocenters. The Morgan fingerprint density at radius 1 is 1.24 bits per heavy atom. The standard InChI is InChI=1S/C19H22O2/c1-5-6-13-10-16(20)18-14-9-12(2)7-8-15(14)19(3,4)21-17(18)11-13/h7-11,20H,5-6H2,1-4H3/i3D3,4D3. The second-order valence-corrected chi connectivity index (χ2v) is 5.57. The van der Waals surface area contributed by atoms with Gasteiger partial charge in [0.2, 0.25) is 0 Å². The summed E-state index contributed by atoms with van der Waals surface area (Å²) in [6.07, 6.45) is 1.47. The average Bonchev–Trinajstić information content (AvgIpc) is 2.51. The van der Waals surface area contributed by atoms with Crippen LogP contribution in [0, 0.1) is 6.92 Å². The molecule has 2 aromatic carbocycles. The number of rotatable bonds is 2. The van der Waals surface area contributed by atoms with Crippen molar-refractivity contribution in [2.45, 2.75) is 46.0 Å². The van der Waals surface area contributed by atoms with Gasteiger partial charge in [0.25, 0.3) is 0 Å². The van der Waals surface area contributed by atoms with Gasteiger partial charge in [-0.25, -0.2) is 0 Å². The highest BCUT2D eigenvalue weighted by Crippen LogP contribution is 2.49. The molecule has 0 fully saturated rings. The maximum atomic E-state index is 10.6. The lowest BCUT2D eigenvalue weighted by Gasteiger charge is -2.35. The minimum Gasteiger partial charge on any atom is -0.507 e. The summed E-state index contributed by atoms with van der Waals surface area (Å²) in [5.41, 5.74) is -0.174. The molecule has 21 heavy (non-hydrogen) atoms. The summed E-state index contributed by atoms with van der Waals surface area (Å²) in [4.78, 5) is 0. The number of hydrogen-bond donors (Lipinski definition) is 1. The molecule has 0 saturated heterocycles. The zero-order valence-electron chi connectivity index (χ0n) is 18.2. The maximum Gasteiger partial charge on any atom is 0.132 e. The summed E-state index contributed by atoms with van der Waals surface area (Å²) in [6, 6.07) is 8.08. The van der Waals surface area contributed by atoms with E-state index in [9.17, 15) is 5.11 Å². The number of phenolic OH excluding ortho intramolecular Hbond substituents is 1. The molecule has 2 nitrogen and oxygen atoms in total. The summed E-state index contributed by atoms with van der Waals surface area (Å²) in [5, 5.41) is 10.6. The fraction of sp³-hybridized carbons (Fsp3) is 0.368. The van der Waals surface area contributed by atoms with Gasteiger partial charge in [-0.3, -0.25) is 0 Å². The minimum absolute atomic E-state index is 0.0409. The molecule has 2 aromatic rings. The highest BCUT2D eigenvalue weighted by molar-refractivity contribution is 5.82. The summed E-state index contributed by atoms with van der Waals surface area (Å²) >= 11 is 0. The molecule has 1 aliphatic rings. The highest BCUT2D eigenvalue weighted by atomic mass is 16.5. The van der Waals surface area contributed by atoms with E-state index in [4.69, 9.17) is 13.0 Å². The molecule has 1 aliphatic heterocycles.